The number of allylic oxidation sites excluding steroid dienone is 5. The Labute approximate surface area is 103 Å². The molecule has 0 saturated carbocycles. The second kappa shape index (κ2) is 4.03. The smallest absolute Gasteiger partial charge is 0.0125 e. The van der Waals surface area contributed by atoms with Gasteiger partial charge in [-0.2, -0.15) is 0 Å². The quantitative estimate of drug-likeness (QED) is 0.682. The Balaban J connectivity index is 1.96. The van der Waals surface area contributed by atoms with E-state index in [1.54, 1.807) is 0 Å². The van der Waals surface area contributed by atoms with Gasteiger partial charge in [-0.1, -0.05) is 68.5 Å². The van der Waals surface area contributed by atoms with Crippen LogP contribution in [-0.4, -0.2) is 0 Å². The minimum Gasteiger partial charge on any atom is -0.0767 e. The lowest BCUT2D eigenvalue weighted by Gasteiger charge is -2.16. The molecule has 0 N–H and O–H groups in total. The summed E-state index contributed by atoms with van der Waals surface area (Å²) in [6.45, 7) is 4.50. The van der Waals surface area contributed by atoms with Crippen molar-refractivity contribution >= 4 is 6.08 Å². The fourth-order valence-electron chi connectivity index (χ4n) is 2.74. The van der Waals surface area contributed by atoms with Crippen molar-refractivity contribution in [2.75, 3.05) is 0 Å². The van der Waals surface area contributed by atoms with E-state index in [1.807, 2.05) is 0 Å². The van der Waals surface area contributed by atoms with Crippen LogP contribution in [0.4, 0.5) is 0 Å². The van der Waals surface area contributed by atoms with Crippen molar-refractivity contribution in [1.29, 1.82) is 0 Å². The maximum absolute atomic E-state index is 2.35. The largest absolute Gasteiger partial charge is 0.0767 e. The second-order valence-corrected chi connectivity index (χ2v) is 5.28. The summed E-state index contributed by atoms with van der Waals surface area (Å²) < 4.78 is 0. The number of benzene rings is 1. The van der Waals surface area contributed by atoms with Crippen LogP contribution in [0.15, 0.2) is 48.6 Å². The van der Waals surface area contributed by atoms with Gasteiger partial charge in [-0.3, -0.25) is 0 Å². The molecule has 2 aliphatic carbocycles. The van der Waals surface area contributed by atoms with Crippen molar-refractivity contribution in [1.82, 2.24) is 0 Å². The van der Waals surface area contributed by atoms with Crippen LogP contribution in [0, 0.1) is 5.92 Å². The van der Waals surface area contributed by atoms with Crippen LogP contribution in [0.5, 0.6) is 0 Å². The van der Waals surface area contributed by atoms with Gasteiger partial charge in [0.2, 0.25) is 0 Å². The van der Waals surface area contributed by atoms with E-state index in [4.69, 9.17) is 0 Å². The highest BCUT2D eigenvalue weighted by Gasteiger charge is 2.23. The van der Waals surface area contributed by atoms with Crippen molar-refractivity contribution in [2.24, 2.45) is 5.92 Å². The van der Waals surface area contributed by atoms with Gasteiger partial charge in [-0.05, 0) is 22.6 Å². The Kier molecular flexibility index (Phi) is 2.51. The number of fused-ring (bicyclic) bond motifs is 1. The fourth-order valence-corrected chi connectivity index (χ4v) is 2.74. The van der Waals surface area contributed by atoms with Crippen LogP contribution in [0.1, 0.15) is 42.4 Å². The Bertz CT molecular complexity index is 503. The maximum Gasteiger partial charge on any atom is 0.0125 e. The summed E-state index contributed by atoms with van der Waals surface area (Å²) in [6.07, 6.45) is 13.5. The molecule has 1 unspecified atom stereocenters. The molecule has 0 aromatic heterocycles. The average molecular weight is 222 g/mol. The number of hydrogen-bond donors (Lipinski definition) is 0. The zero-order valence-corrected chi connectivity index (χ0v) is 10.4. The highest BCUT2D eigenvalue weighted by Crippen LogP contribution is 2.39. The SMILES string of the molecule is CC(C)c1ccc2c(c1)C=CC2C1C=CC=C1. The van der Waals surface area contributed by atoms with Crippen molar-refractivity contribution in [3.8, 4) is 0 Å². The van der Waals surface area contributed by atoms with Gasteiger partial charge >= 0.3 is 0 Å². The highest BCUT2D eigenvalue weighted by atomic mass is 14.3. The molecule has 2 aliphatic rings. The molecule has 1 aromatic carbocycles. The van der Waals surface area contributed by atoms with Crippen LogP contribution in [0.2, 0.25) is 0 Å². The fraction of sp³-hybridized carbons (Fsp3) is 0.294. The van der Waals surface area contributed by atoms with Crippen molar-refractivity contribution in [2.45, 2.75) is 25.7 Å². The average Bonchev–Trinajstić information content (AvgIpc) is 2.96. The van der Waals surface area contributed by atoms with Crippen LogP contribution in [-0.2, 0) is 0 Å². The summed E-state index contributed by atoms with van der Waals surface area (Å²) in [5, 5.41) is 0. The molecule has 0 aliphatic heterocycles. The molecule has 0 fully saturated rings. The van der Waals surface area contributed by atoms with E-state index >= 15 is 0 Å². The third-order valence-electron chi connectivity index (χ3n) is 3.81. The molecule has 1 aromatic rings. The summed E-state index contributed by atoms with van der Waals surface area (Å²) in [5.41, 5.74) is 4.33. The minimum atomic E-state index is 0.543. The Hall–Kier alpha value is -1.56. The molecule has 3 rings (SSSR count). The molecule has 0 nitrogen and oxygen atoms in total. The monoisotopic (exact) mass is 222 g/mol. The van der Waals surface area contributed by atoms with Gasteiger partial charge in [-0.25, -0.2) is 0 Å². The zero-order chi connectivity index (χ0) is 11.8. The van der Waals surface area contributed by atoms with E-state index in [9.17, 15) is 0 Å². The third-order valence-corrected chi connectivity index (χ3v) is 3.81. The summed E-state index contributed by atoms with van der Waals surface area (Å²) in [4.78, 5) is 0. The molecule has 0 amide bonds. The molecule has 0 spiro atoms. The predicted molar refractivity (Wildman–Crippen MR) is 74.1 cm³/mol. The molecule has 17 heavy (non-hydrogen) atoms. The lowest BCUT2D eigenvalue weighted by Crippen LogP contribution is -2.03. The van der Waals surface area contributed by atoms with Crippen LogP contribution in [0.25, 0.3) is 6.08 Å². The van der Waals surface area contributed by atoms with Crippen LogP contribution >= 0.6 is 0 Å². The highest BCUT2D eigenvalue weighted by molar-refractivity contribution is 5.64. The molecule has 0 heterocycles. The third kappa shape index (κ3) is 1.78. The number of rotatable bonds is 2. The summed E-state index contributed by atoms with van der Waals surface area (Å²) >= 11 is 0. The van der Waals surface area contributed by atoms with Crippen molar-refractivity contribution in [3.05, 3.63) is 65.3 Å². The predicted octanol–water partition coefficient (Wildman–Crippen LogP) is 4.66. The Morgan fingerprint density at radius 1 is 1.00 bits per heavy atom. The first-order chi connectivity index (χ1) is 8.25. The van der Waals surface area contributed by atoms with Gasteiger partial charge in [0.1, 0.15) is 0 Å². The van der Waals surface area contributed by atoms with E-state index in [0.29, 0.717) is 17.8 Å². The lowest BCUT2D eigenvalue weighted by molar-refractivity contribution is 0.724. The summed E-state index contributed by atoms with van der Waals surface area (Å²) in [7, 11) is 0. The standard InChI is InChI=1S/C17H18/c1-12(2)14-7-9-17-15(11-14)8-10-16(17)13-5-3-4-6-13/h3-13,16H,1-2H3. The summed E-state index contributed by atoms with van der Waals surface area (Å²) in [5.74, 6) is 1.71. The minimum absolute atomic E-state index is 0.543. The van der Waals surface area contributed by atoms with E-state index < -0.39 is 0 Å². The molecule has 0 radical (unpaired) electrons. The first-order valence-electron chi connectivity index (χ1n) is 6.43. The van der Waals surface area contributed by atoms with E-state index in [-0.39, 0.29) is 0 Å². The first-order valence-corrected chi connectivity index (χ1v) is 6.43. The van der Waals surface area contributed by atoms with Gasteiger partial charge in [-0.15, -0.1) is 0 Å². The van der Waals surface area contributed by atoms with Gasteiger partial charge in [0.25, 0.3) is 0 Å². The van der Waals surface area contributed by atoms with Crippen LogP contribution < -0.4 is 0 Å². The molecular weight excluding hydrogens is 204 g/mol. The molecule has 1 atom stereocenters. The van der Waals surface area contributed by atoms with Gasteiger partial charge in [0.15, 0.2) is 0 Å². The maximum atomic E-state index is 2.35. The van der Waals surface area contributed by atoms with Crippen molar-refractivity contribution < 1.29 is 0 Å². The number of hydrogen-bond acceptors (Lipinski definition) is 0. The van der Waals surface area contributed by atoms with Crippen molar-refractivity contribution in [3.63, 3.8) is 0 Å². The molecule has 0 bridgehead atoms. The van der Waals surface area contributed by atoms with Gasteiger partial charge in [0.05, 0.1) is 0 Å². The first kappa shape index (κ1) is 10.6. The molecule has 86 valence electrons. The zero-order valence-electron chi connectivity index (χ0n) is 10.4. The lowest BCUT2D eigenvalue weighted by atomic mass is 9.87. The summed E-state index contributed by atoms with van der Waals surface area (Å²) in [6, 6.07) is 6.94. The van der Waals surface area contributed by atoms with Crippen LogP contribution in [0.3, 0.4) is 0 Å². The molecular formula is C17H18. The molecule has 0 heteroatoms. The Morgan fingerprint density at radius 3 is 2.47 bits per heavy atom. The van der Waals surface area contributed by atoms with E-state index in [2.05, 4.69) is 68.5 Å². The van der Waals surface area contributed by atoms with E-state index in [0.717, 1.165) is 0 Å². The molecule has 0 saturated heterocycles. The second-order valence-electron chi connectivity index (χ2n) is 5.28. The Morgan fingerprint density at radius 2 is 1.76 bits per heavy atom. The normalized spacial score (nSPS) is 21.7. The van der Waals surface area contributed by atoms with Gasteiger partial charge < -0.3 is 0 Å². The topological polar surface area (TPSA) is 0 Å². The van der Waals surface area contributed by atoms with Gasteiger partial charge in [0, 0.05) is 11.8 Å². The van der Waals surface area contributed by atoms with E-state index in [1.165, 1.54) is 16.7 Å².